The second-order valence-corrected chi connectivity index (χ2v) is 4.82. The number of hydrogen-bond donors (Lipinski definition) is 2. The van der Waals surface area contributed by atoms with Gasteiger partial charge in [0.15, 0.2) is 0 Å². The Morgan fingerprint density at radius 3 is 2.80 bits per heavy atom. The average Bonchev–Trinajstić information content (AvgIpc) is 3.03. The number of piperidine rings is 1. The fraction of sp³-hybridized carbons (Fsp3) is 0.357. The summed E-state index contributed by atoms with van der Waals surface area (Å²) in [4.78, 5) is 16.0. The molecule has 1 atom stereocenters. The molecule has 2 aromatic rings. The summed E-state index contributed by atoms with van der Waals surface area (Å²) >= 11 is 0. The number of aromatic nitrogens is 2. The Bertz CT molecular complexity index is 559. The molecule has 2 N–H and O–H groups in total. The van der Waals surface area contributed by atoms with E-state index in [1.165, 1.54) is 6.39 Å². The zero-order valence-electron chi connectivity index (χ0n) is 11.0. The zero-order chi connectivity index (χ0) is 13.8. The highest BCUT2D eigenvalue weighted by molar-refractivity contribution is 5.95. The lowest BCUT2D eigenvalue weighted by atomic mass is 10.0. The van der Waals surface area contributed by atoms with E-state index in [0.29, 0.717) is 5.82 Å². The quantitative estimate of drug-likeness (QED) is 0.890. The third kappa shape index (κ3) is 2.85. The number of carbonyl (C=O) groups excluding carboxylic acids is 1. The highest BCUT2D eigenvalue weighted by Crippen LogP contribution is 2.18. The van der Waals surface area contributed by atoms with Crippen molar-refractivity contribution in [3.8, 4) is 11.4 Å². The fourth-order valence-electron chi connectivity index (χ4n) is 2.31. The van der Waals surface area contributed by atoms with Gasteiger partial charge in [-0.25, -0.2) is 0 Å². The van der Waals surface area contributed by atoms with Crippen molar-refractivity contribution in [2.24, 2.45) is 0 Å². The molecule has 0 aliphatic carbocycles. The molecule has 1 aromatic heterocycles. The molecule has 3 rings (SSSR count). The fourth-order valence-corrected chi connectivity index (χ4v) is 2.31. The Morgan fingerprint density at radius 1 is 1.30 bits per heavy atom. The van der Waals surface area contributed by atoms with Crippen LogP contribution in [0.2, 0.25) is 0 Å². The van der Waals surface area contributed by atoms with E-state index in [-0.39, 0.29) is 11.9 Å². The standard InChI is InChI=1S/C14H16N4O2/c19-14(12-3-1-2-8-15-12)17-11-6-4-10(5-7-11)13-16-9-20-18-13/h4-7,9,12,15H,1-3,8H2,(H,17,19). The summed E-state index contributed by atoms with van der Waals surface area (Å²) in [6.45, 7) is 0.912. The van der Waals surface area contributed by atoms with E-state index in [0.717, 1.165) is 37.1 Å². The zero-order valence-corrected chi connectivity index (χ0v) is 11.0. The van der Waals surface area contributed by atoms with Crippen molar-refractivity contribution < 1.29 is 9.32 Å². The van der Waals surface area contributed by atoms with E-state index >= 15 is 0 Å². The first kappa shape index (κ1) is 12.8. The van der Waals surface area contributed by atoms with E-state index in [4.69, 9.17) is 4.52 Å². The van der Waals surface area contributed by atoms with Crippen LogP contribution >= 0.6 is 0 Å². The van der Waals surface area contributed by atoms with Gasteiger partial charge >= 0.3 is 0 Å². The van der Waals surface area contributed by atoms with Crippen molar-refractivity contribution in [2.45, 2.75) is 25.3 Å². The van der Waals surface area contributed by atoms with Gasteiger partial charge in [0.25, 0.3) is 0 Å². The van der Waals surface area contributed by atoms with Crippen molar-refractivity contribution in [2.75, 3.05) is 11.9 Å². The number of nitrogens with zero attached hydrogens (tertiary/aromatic N) is 2. The Labute approximate surface area is 116 Å². The number of amides is 1. The van der Waals surface area contributed by atoms with Gasteiger partial charge in [-0.2, -0.15) is 4.98 Å². The van der Waals surface area contributed by atoms with Gasteiger partial charge in [0.1, 0.15) is 0 Å². The first-order valence-corrected chi connectivity index (χ1v) is 6.74. The van der Waals surface area contributed by atoms with E-state index in [2.05, 4.69) is 20.8 Å². The maximum Gasteiger partial charge on any atom is 0.241 e. The van der Waals surface area contributed by atoms with Crippen LogP contribution in [0, 0.1) is 0 Å². The van der Waals surface area contributed by atoms with Crippen molar-refractivity contribution in [1.29, 1.82) is 0 Å². The van der Waals surface area contributed by atoms with Crippen molar-refractivity contribution >= 4 is 11.6 Å². The van der Waals surface area contributed by atoms with Crippen LogP contribution in [0.5, 0.6) is 0 Å². The van der Waals surface area contributed by atoms with Gasteiger partial charge in [0.2, 0.25) is 18.1 Å². The molecule has 0 spiro atoms. The van der Waals surface area contributed by atoms with Crippen LogP contribution in [0.3, 0.4) is 0 Å². The van der Waals surface area contributed by atoms with Crippen LogP contribution in [0.1, 0.15) is 19.3 Å². The van der Waals surface area contributed by atoms with Gasteiger partial charge in [0.05, 0.1) is 6.04 Å². The lowest BCUT2D eigenvalue weighted by Gasteiger charge is -2.22. The largest absolute Gasteiger partial charge is 0.342 e. The minimum absolute atomic E-state index is 0.0250. The first-order valence-electron chi connectivity index (χ1n) is 6.74. The van der Waals surface area contributed by atoms with Crippen LogP contribution in [0.15, 0.2) is 35.2 Å². The van der Waals surface area contributed by atoms with E-state index in [1.54, 1.807) is 0 Å². The highest BCUT2D eigenvalue weighted by Gasteiger charge is 2.20. The topological polar surface area (TPSA) is 80.1 Å². The lowest BCUT2D eigenvalue weighted by Crippen LogP contribution is -2.43. The lowest BCUT2D eigenvalue weighted by molar-refractivity contribution is -0.118. The smallest absolute Gasteiger partial charge is 0.241 e. The molecule has 1 unspecified atom stereocenters. The Balaban J connectivity index is 1.64. The third-order valence-electron chi connectivity index (χ3n) is 3.40. The third-order valence-corrected chi connectivity index (χ3v) is 3.40. The van der Waals surface area contributed by atoms with Crippen molar-refractivity contribution in [1.82, 2.24) is 15.5 Å². The number of rotatable bonds is 3. The number of anilines is 1. The van der Waals surface area contributed by atoms with Gasteiger partial charge in [-0.15, -0.1) is 0 Å². The molecule has 1 aliphatic heterocycles. The summed E-state index contributed by atoms with van der Waals surface area (Å²) in [5, 5.41) is 9.91. The maximum absolute atomic E-state index is 12.1. The van der Waals surface area contributed by atoms with Gasteiger partial charge in [-0.1, -0.05) is 11.6 Å². The molecule has 6 nitrogen and oxygen atoms in total. The summed E-state index contributed by atoms with van der Waals surface area (Å²) in [5.41, 5.74) is 1.63. The molecule has 0 radical (unpaired) electrons. The Morgan fingerprint density at radius 2 is 2.15 bits per heavy atom. The van der Waals surface area contributed by atoms with Crippen LogP contribution in [-0.4, -0.2) is 28.6 Å². The normalized spacial score (nSPS) is 18.7. The highest BCUT2D eigenvalue weighted by atomic mass is 16.5. The summed E-state index contributed by atoms with van der Waals surface area (Å²) in [5.74, 6) is 0.564. The van der Waals surface area contributed by atoms with Gasteiger partial charge in [-0.3, -0.25) is 4.79 Å². The summed E-state index contributed by atoms with van der Waals surface area (Å²) in [7, 11) is 0. The Hall–Kier alpha value is -2.21. The monoisotopic (exact) mass is 272 g/mol. The molecule has 104 valence electrons. The first-order chi connectivity index (χ1) is 9.83. The number of nitrogens with one attached hydrogen (secondary N) is 2. The van der Waals surface area contributed by atoms with Gasteiger partial charge in [0, 0.05) is 11.3 Å². The number of benzene rings is 1. The van der Waals surface area contributed by atoms with Gasteiger partial charge < -0.3 is 15.2 Å². The molecule has 1 aromatic carbocycles. The molecule has 0 bridgehead atoms. The van der Waals surface area contributed by atoms with Crippen molar-refractivity contribution in [3.05, 3.63) is 30.7 Å². The average molecular weight is 272 g/mol. The summed E-state index contributed by atoms with van der Waals surface area (Å²) < 4.78 is 4.70. The van der Waals surface area contributed by atoms with Crippen molar-refractivity contribution in [3.63, 3.8) is 0 Å². The molecular formula is C14H16N4O2. The molecule has 1 aliphatic rings. The van der Waals surface area contributed by atoms with E-state index in [9.17, 15) is 4.79 Å². The molecule has 6 heteroatoms. The maximum atomic E-state index is 12.1. The second-order valence-electron chi connectivity index (χ2n) is 4.82. The van der Waals surface area contributed by atoms with Crippen LogP contribution in [0.25, 0.3) is 11.4 Å². The summed E-state index contributed by atoms with van der Waals surface area (Å²) in [6.07, 6.45) is 4.43. The molecule has 1 saturated heterocycles. The minimum atomic E-state index is -0.0827. The number of carbonyl (C=O) groups is 1. The molecule has 2 heterocycles. The van der Waals surface area contributed by atoms with E-state index < -0.39 is 0 Å². The molecular weight excluding hydrogens is 256 g/mol. The second kappa shape index (κ2) is 5.83. The molecule has 0 saturated carbocycles. The Kier molecular flexibility index (Phi) is 3.73. The van der Waals surface area contributed by atoms with Crippen LogP contribution in [0.4, 0.5) is 5.69 Å². The SMILES string of the molecule is O=C(Nc1ccc(-c2ncon2)cc1)C1CCCCN1. The minimum Gasteiger partial charge on any atom is -0.342 e. The van der Waals surface area contributed by atoms with Gasteiger partial charge in [-0.05, 0) is 43.7 Å². The predicted molar refractivity (Wildman–Crippen MR) is 74.0 cm³/mol. The predicted octanol–water partition coefficient (Wildman–Crippen LogP) is 1.82. The summed E-state index contributed by atoms with van der Waals surface area (Å²) in [6, 6.07) is 7.31. The van der Waals surface area contributed by atoms with Crippen LogP contribution < -0.4 is 10.6 Å². The van der Waals surface area contributed by atoms with Crippen LogP contribution in [-0.2, 0) is 4.79 Å². The molecule has 1 amide bonds. The molecule has 1 fully saturated rings. The number of hydrogen-bond acceptors (Lipinski definition) is 5. The van der Waals surface area contributed by atoms with E-state index in [1.807, 2.05) is 24.3 Å². The molecule has 20 heavy (non-hydrogen) atoms.